The molecule has 1 saturated heterocycles. The summed E-state index contributed by atoms with van der Waals surface area (Å²) in [5, 5.41) is 0. The molecule has 1 amide bonds. The Bertz CT molecular complexity index is 816. The standard InChI is InChI=1S/C23H40N2O5S/c1-21(2,3)30-19(26)11-9-7-6-8-10-17(24)20(27)25-18-14-16-12-13-23(18,22(16,4)5)15-31(25,28)29/h16-18H,6-15,24H2,1-5H3/t16-,17+,18-,23-/m1/s1. The molecule has 0 aromatic carbocycles. The van der Waals surface area contributed by atoms with Gasteiger partial charge in [0.05, 0.1) is 17.8 Å². The zero-order valence-corrected chi connectivity index (χ0v) is 20.6. The van der Waals surface area contributed by atoms with Crippen LogP contribution in [0, 0.1) is 16.7 Å². The van der Waals surface area contributed by atoms with E-state index in [1.165, 1.54) is 4.31 Å². The van der Waals surface area contributed by atoms with Gasteiger partial charge in [-0.1, -0.05) is 33.1 Å². The van der Waals surface area contributed by atoms with E-state index in [1.54, 1.807) is 0 Å². The van der Waals surface area contributed by atoms with Gasteiger partial charge in [0.1, 0.15) is 5.60 Å². The van der Waals surface area contributed by atoms with Crippen LogP contribution < -0.4 is 5.73 Å². The van der Waals surface area contributed by atoms with Crippen molar-refractivity contribution in [3.63, 3.8) is 0 Å². The van der Waals surface area contributed by atoms with Gasteiger partial charge in [-0.15, -0.1) is 0 Å². The second kappa shape index (κ2) is 8.32. The number of esters is 1. The smallest absolute Gasteiger partial charge is 0.306 e. The Morgan fingerprint density at radius 2 is 1.81 bits per heavy atom. The fourth-order valence-corrected chi connectivity index (χ4v) is 8.83. The van der Waals surface area contributed by atoms with Crippen LogP contribution in [0.3, 0.4) is 0 Å². The highest BCUT2D eigenvalue weighted by Crippen LogP contribution is 2.70. The number of fused-ring (bicyclic) bond motifs is 1. The molecule has 31 heavy (non-hydrogen) atoms. The summed E-state index contributed by atoms with van der Waals surface area (Å²) in [7, 11) is -3.62. The summed E-state index contributed by atoms with van der Waals surface area (Å²) in [6.45, 7) is 9.90. The molecular formula is C23H40N2O5S. The van der Waals surface area contributed by atoms with Crippen LogP contribution in [0.15, 0.2) is 0 Å². The van der Waals surface area contributed by atoms with Crippen LogP contribution in [0.25, 0.3) is 0 Å². The van der Waals surface area contributed by atoms with E-state index in [0.717, 1.165) is 44.9 Å². The molecular weight excluding hydrogens is 416 g/mol. The molecule has 1 heterocycles. The van der Waals surface area contributed by atoms with E-state index in [4.69, 9.17) is 10.5 Å². The van der Waals surface area contributed by atoms with Crippen molar-refractivity contribution in [3.05, 3.63) is 0 Å². The average Bonchev–Trinajstić information content (AvgIpc) is 3.09. The maximum Gasteiger partial charge on any atom is 0.306 e. The van der Waals surface area contributed by atoms with Crippen LogP contribution in [-0.2, 0) is 24.3 Å². The highest BCUT2D eigenvalue weighted by molar-refractivity contribution is 7.90. The average molecular weight is 457 g/mol. The summed E-state index contributed by atoms with van der Waals surface area (Å²) in [5.74, 6) is -0.0677. The number of rotatable bonds is 8. The first kappa shape index (κ1) is 24.5. The lowest BCUT2D eigenvalue weighted by atomic mass is 9.69. The normalized spacial score (nSPS) is 31.5. The number of sulfonamides is 1. The minimum atomic E-state index is -3.62. The maximum absolute atomic E-state index is 13.1. The molecule has 2 saturated carbocycles. The van der Waals surface area contributed by atoms with Crippen molar-refractivity contribution in [2.24, 2.45) is 22.5 Å². The third kappa shape index (κ3) is 4.52. The number of nitrogens with zero attached hydrogens (tertiary/aromatic N) is 1. The molecule has 1 spiro atoms. The topological polar surface area (TPSA) is 107 Å². The van der Waals surface area contributed by atoms with Gasteiger partial charge in [0, 0.05) is 11.8 Å². The van der Waals surface area contributed by atoms with E-state index < -0.39 is 27.6 Å². The van der Waals surface area contributed by atoms with Gasteiger partial charge in [-0.3, -0.25) is 9.59 Å². The molecule has 2 aliphatic carbocycles. The molecule has 8 heteroatoms. The maximum atomic E-state index is 13.1. The van der Waals surface area contributed by atoms with Crippen LogP contribution in [-0.4, -0.2) is 48.0 Å². The van der Waals surface area contributed by atoms with Crippen molar-refractivity contribution < 1.29 is 22.7 Å². The largest absolute Gasteiger partial charge is 0.460 e. The lowest BCUT2D eigenvalue weighted by Crippen LogP contribution is -2.50. The lowest BCUT2D eigenvalue weighted by Gasteiger charge is -2.37. The number of hydrogen-bond donors (Lipinski definition) is 1. The number of hydrogen-bond acceptors (Lipinski definition) is 6. The Kier molecular flexibility index (Phi) is 6.58. The molecule has 2 bridgehead atoms. The van der Waals surface area contributed by atoms with E-state index in [-0.39, 0.29) is 28.6 Å². The molecule has 7 nitrogen and oxygen atoms in total. The van der Waals surface area contributed by atoms with Crippen LogP contribution in [0.4, 0.5) is 0 Å². The minimum absolute atomic E-state index is 0.0575. The van der Waals surface area contributed by atoms with E-state index >= 15 is 0 Å². The van der Waals surface area contributed by atoms with Crippen molar-refractivity contribution in [1.29, 1.82) is 0 Å². The van der Waals surface area contributed by atoms with Gasteiger partial charge in [-0.05, 0) is 64.2 Å². The number of ether oxygens (including phenoxy) is 1. The minimum Gasteiger partial charge on any atom is -0.460 e. The Hall–Kier alpha value is -1.15. The summed E-state index contributed by atoms with van der Waals surface area (Å²) in [6.07, 6.45) is 6.72. The summed E-state index contributed by atoms with van der Waals surface area (Å²) < 4.78 is 32.4. The van der Waals surface area contributed by atoms with E-state index in [9.17, 15) is 18.0 Å². The number of amides is 1. The third-order valence-corrected chi connectivity index (χ3v) is 9.93. The van der Waals surface area contributed by atoms with Crippen molar-refractivity contribution in [3.8, 4) is 0 Å². The zero-order chi connectivity index (χ0) is 23.2. The van der Waals surface area contributed by atoms with E-state index in [2.05, 4.69) is 13.8 Å². The van der Waals surface area contributed by atoms with Crippen LogP contribution in [0.5, 0.6) is 0 Å². The Morgan fingerprint density at radius 3 is 2.42 bits per heavy atom. The molecule has 4 atom stereocenters. The molecule has 0 radical (unpaired) electrons. The summed E-state index contributed by atoms with van der Waals surface area (Å²) in [5.41, 5.74) is 5.33. The molecule has 3 fully saturated rings. The van der Waals surface area contributed by atoms with Gasteiger partial charge < -0.3 is 10.5 Å². The highest BCUT2D eigenvalue weighted by Gasteiger charge is 2.72. The number of carbonyl (C=O) groups excluding carboxylic acids is 2. The van der Waals surface area contributed by atoms with Gasteiger partial charge in [-0.25, -0.2) is 12.7 Å². The molecule has 3 rings (SSSR count). The Morgan fingerprint density at radius 1 is 1.16 bits per heavy atom. The monoisotopic (exact) mass is 456 g/mol. The molecule has 0 aromatic rings. The van der Waals surface area contributed by atoms with Crippen molar-refractivity contribution >= 4 is 21.9 Å². The quantitative estimate of drug-likeness (QED) is 0.443. The first-order valence-electron chi connectivity index (χ1n) is 11.7. The molecule has 2 N–H and O–H groups in total. The van der Waals surface area contributed by atoms with Crippen LogP contribution in [0.2, 0.25) is 0 Å². The number of carbonyl (C=O) groups is 2. The van der Waals surface area contributed by atoms with Gasteiger partial charge in [-0.2, -0.15) is 0 Å². The van der Waals surface area contributed by atoms with E-state index in [1.807, 2.05) is 20.8 Å². The second-order valence-electron chi connectivity index (χ2n) is 11.4. The molecule has 0 aromatic heterocycles. The van der Waals surface area contributed by atoms with Gasteiger partial charge in [0.25, 0.3) is 5.91 Å². The van der Waals surface area contributed by atoms with Crippen molar-refractivity contribution in [1.82, 2.24) is 4.31 Å². The summed E-state index contributed by atoms with van der Waals surface area (Å²) in [4.78, 5) is 24.8. The van der Waals surface area contributed by atoms with Crippen LogP contribution in [0.1, 0.15) is 92.4 Å². The Balaban J connectivity index is 1.47. The number of nitrogens with two attached hydrogens (primary N) is 1. The predicted molar refractivity (Wildman–Crippen MR) is 119 cm³/mol. The van der Waals surface area contributed by atoms with Gasteiger partial charge in [0.15, 0.2) is 0 Å². The highest BCUT2D eigenvalue weighted by atomic mass is 32.2. The van der Waals surface area contributed by atoms with Crippen LogP contribution >= 0.6 is 0 Å². The first-order chi connectivity index (χ1) is 14.2. The van der Waals surface area contributed by atoms with Gasteiger partial charge >= 0.3 is 5.97 Å². The Labute approximate surface area is 187 Å². The second-order valence-corrected chi connectivity index (χ2v) is 13.2. The molecule has 1 aliphatic heterocycles. The fraction of sp³-hybridized carbons (Fsp3) is 0.913. The number of unbranched alkanes of at least 4 members (excludes halogenated alkanes) is 3. The predicted octanol–water partition coefficient (Wildman–Crippen LogP) is 3.36. The van der Waals surface area contributed by atoms with E-state index in [0.29, 0.717) is 18.8 Å². The van der Waals surface area contributed by atoms with Gasteiger partial charge in [0.2, 0.25) is 10.0 Å². The summed E-state index contributed by atoms with van der Waals surface area (Å²) in [6, 6.07) is -1.02. The summed E-state index contributed by atoms with van der Waals surface area (Å²) >= 11 is 0. The zero-order valence-electron chi connectivity index (χ0n) is 19.8. The molecule has 0 unspecified atom stereocenters. The fourth-order valence-electron chi connectivity index (χ4n) is 6.25. The lowest BCUT2D eigenvalue weighted by molar-refractivity contribution is -0.154. The van der Waals surface area contributed by atoms with Crippen molar-refractivity contribution in [2.75, 3.05) is 5.75 Å². The molecule has 178 valence electrons. The molecule has 3 aliphatic rings. The SMILES string of the molecule is CC(C)(C)OC(=O)CCCCCC[C@H](N)C(=O)N1[C@@H]2C[C@H]3CC[C@]2(CS1(=O)=O)C3(C)C. The van der Waals surface area contributed by atoms with Crippen molar-refractivity contribution in [2.45, 2.75) is 110 Å². The first-order valence-corrected chi connectivity index (χ1v) is 13.4. The third-order valence-electron chi connectivity index (χ3n) is 8.01.